The molecule has 0 bridgehead atoms. The van der Waals surface area contributed by atoms with Gasteiger partial charge in [0.15, 0.2) is 11.5 Å². The maximum atomic E-state index is 12.5. The molecule has 148 valence electrons. The van der Waals surface area contributed by atoms with Gasteiger partial charge >= 0.3 is 0 Å². The molecule has 0 saturated carbocycles. The van der Waals surface area contributed by atoms with Gasteiger partial charge in [0.25, 0.3) is 5.91 Å². The third-order valence-corrected chi connectivity index (χ3v) is 5.23. The number of benzene rings is 3. The number of carbonyl (C=O) groups excluding carboxylic acids is 2. The SMILES string of the molecule is COc1ccc(C(=O)N[C@@H]2CC(=O)N(Cc3cccc4ccccc34)C2)cc1O. The predicted molar refractivity (Wildman–Crippen MR) is 110 cm³/mol. The van der Waals surface area contributed by atoms with Crippen LogP contribution < -0.4 is 10.1 Å². The molecule has 6 nitrogen and oxygen atoms in total. The van der Waals surface area contributed by atoms with E-state index in [1.807, 2.05) is 24.3 Å². The molecule has 29 heavy (non-hydrogen) atoms. The number of hydrogen-bond donors (Lipinski definition) is 2. The smallest absolute Gasteiger partial charge is 0.251 e. The summed E-state index contributed by atoms with van der Waals surface area (Å²) in [5.41, 5.74) is 1.41. The quantitative estimate of drug-likeness (QED) is 0.702. The number of aromatic hydroxyl groups is 1. The average molecular weight is 390 g/mol. The van der Waals surface area contributed by atoms with Gasteiger partial charge in [0.1, 0.15) is 0 Å². The van der Waals surface area contributed by atoms with Crippen molar-refractivity contribution in [3.05, 3.63) is 71.8 Å². The van der Waals surface area contributed by atoms with Crippen LogP contribution in [0, 0.1) is 0 Å². The molecular formula is C23H22N2O4. The lowest BCUT2D eigenvalue weighted by Crippen LogP contribution is -2.37. The van der Waals surface area contributed by atoms with Gasteiger partial charge in [0.2, 0.25) is 5.91 Å². The number of carbonyl (C=O) groups is 2. The van der Waals surface area contributed by atoms with Crippen LogP contribution in [0.2, 0.25) is 0 Å². The largest absolute Gasteiger partial charge is 0.504 e. The van der Waals surface area contributed by atoms with E-state index in [9.17, 15) is 14.7 Å². The third kappa shape index (κ3) is 3.87. The number of rotatable bonds is 5. The van der Waals surface area contributed by atoms with Crippen LogP contribution in [0.5, 0.6) is 11.5 Å². The molecule has 0 aromatic heterocycles. The summed E-state index contributed by atoms with van der Waals surface area (Å²) in [4.78, 5) is 26.8. The van der Waals surface area contributed by atoms with Crippen molar-refractivity contribution in [1.29, 1.82) is 0 Å². The van der Waals surface area contributed by atoms with Crippen LogP contribution in [-0.4, -0.2) is 41.5 Å². The second kappa shape index (κ2) is 7.83. The maximum absolute atomic E-state index is 12.5. The Hall–Kier alpha value is -3.54. The zero-order chi connectivity index (χ0) is 20.4. The maximum Gasteiger partial charge on any atom is 0.251 e. The first kappa shape index (κ1) is 18.8. The van der Waals surface area contributed by atoms with Gasteiger partial charge < -0.3 is 20.1 Å². The molecule has 1 saturated heterocycles. The first-order valence-corrected chi connectivity index (χ1v) is 9.47. The van der Waals surface area contributed by atoms with Crippen molar-refractivity contribution in [2.75, 3.05) is 13.7 Å². The van der Waals surface area contributed by atoms with Crippen LogP contribution in [0.3, 0.4) is 0 Å². The minimum absolute atomic E-state index is 0.0146. The highest BCUT2D eigenvalue weighted by Gasteiger charge is 2.31. The summed E-state index contributed by atoms with van der Waals surface area (Å²) < 4.78 is 5.00. The summed E-state index contributed by atoms with van der Waals surface area (Å²) in [6.07, 6.45) is 0.263. The van der Waals surface area contributed by atoms with Crippen molar-refractivity contribution in [2.45, 2.75) is 19.0 Å². The molecule has 1 heterocycles. The van der Waals surface area contributed by atoms with E-state index in [-0.39, 0.29) is 30.0 Å². The van der Waals surface area contributed by atoms with Crippen molar-refractivity contribution in [3.8, 4) is 11.5 Å². The summed E-state index contributed by atoms with van der Waals surface area (Å²) in [6, 6.07) is 18.4. The van der Waals surface area contributed by atoms with Gasteiger partial charge in [-0.05, 0) is 34.5 Å². The number of fused-ring (bicyclic) bond motifs is 1. The van der Waals surface area contributed by atoms with Crippen LogP contribution >= 0.6 is 0 Å². The summed E-state index contributed by atoms with van der Waals surface area (Å²) in [7, 11) is 1.45. The van der Waals surface area contributed by atoms with E-state index in [0.717, 1.165) is 16.3 Å². The van der Waals surface area contributed by atoms with Gasteiger partial charge in [-0.2, -0.15) is 0 Å². The van der Waals surface area contributed by atoms with Gasteiger partial charge in [0, 0.05) is 25.1 Å². The Kier molecular flexibility index (Phi) is 5.08. The normalized spacial score (nSPS) is 16.2. The Morgan fingerprint density at radius 1 is 1.17 bits per heavy atom. The Morgan fingerprint density at radius 3 is 2.76 bits per heavy atom. The Balaban J connectivity index is 1.44. The monoisotopic (exact) mass is 390 g/mol. The van der Waals surface area contributed by atoms with Crippen molar-refractivity contribution in [3.63, 3.8) is 0 Å². The average Bonchev–Trinajstić information content (AvgIpc) is 3.06. The molecular weight excluding hydrogens is 368 g/mol. The number of hydrogen-bond acceptors (Lipinski definition) is 4. The van der Waals surface area contributed by atoms with Gasteiger partial charge in [-0.1, -0.05) is 42.5 Å². The van der Waals surface area contributed by atoms with E-state index >= 15 is 0 Å². The Morgan fingerprint density at radius 2 is 1.97 bits per heavy atom. The minimum atomic E-state index is -0.326. The van der Waals surface area contributed by atoms with E-state index < -0.39 is 0 Å². The number of amides is 2. The summed E-state index contributed by atoms with van der Waals surface area (Å²) in [5.74, 6) is -0.104. The molecule has 6 heteroatoms. The standard InChI is InChI=1S/C23H22N2O4/c1-29-21-10-9-16(11-20(21)26)23(28)24-18-12-22(27)25(14-18)13-17-7-4-6-15-5-2-3-8-19(15)17/h2-11,18,26H,12-14H2,1H3,(H,24,28)/t18-/m1/s1. The molecule has 3 aromatic carbocycles. The Labute approximate surface area is 168 Å². The minimum Gasteiger partial charge on any atom is -0.504 e. The van der Waals surface area contributed by atoms with Crippen molar-refractivity contribution >= 4 is 22.6 Å². The molecule has 0 radical (unpaired) electrons. The molecule has 0 aliphatic carbocycles. The van der Waals surface area contributed by atoms with E-state index in [1.165, 1.54) is 19.2 Å². The van der Waals surface area contributed by atoms with Gasteiger partial charge in [-0.25, -0.2) is 0 Å². The molecule has 3 aromatic rings. The molecule has 1 aliphatic heterocycles. The van der Waals surface area contributed by atoms with Crippen LogP contribution in [-0.2, 0) is 11.3 Å². The van der Waals surface area contributed by atoms with Gasteiger partial charge in [-0.15, -0.1) is 0 Å². The molecule has 0 spiro atoms. The van der Waals surface area contributed by atoms with E-state index in [4.69, 9.17) is 4.74 Å². The molecule has 1 aliphatic rings. The molecule has 0 unspecified atom stereocenters. The number of ether oxygens (including phenoxy) is 1. The molecule has 2 N–H and O–H groups in total. The highest BCUT2D eigenvalue weighted by atomic mass is 16.5. The van der Waals surface area contributed by atoms with E-state index in [1.54, 1.807) is 11.0 Å². The topological polar surface area (TPSA) is 78.9 Å². The number of methoxy groups -OCH3 is 1. The van der Waals surface area contributed by atoms with Crippen LogP contribution in [0.25, 0.3) is 10.8 Å². The fourth-order valence-corrected chi connectivity index (χ4v) is 3.76. The number of phenols is 1. The van der Waals surface area contributed by atoms with Crippen LogP contribution in [0.15, 0.2) is 60.7 Å². The van der Waals surface area contributed by atoms with Crippen LogP contribution in [0.4, 0.5) is 0 Å². The molecule has 1 fully saturated rings. The molecule has 4 rings (SSSR count). The van der Waals surface area contributed by atoms with Gasteiger partial charge in [0.05, 0.1) is 13.2 Å². The lowest BCUT2D eigenvalue weighted by molar-refractivity contribution is -0.128. The summed E-state index contributed by atoms with van der Waals surface area (Å²) in [6.45, 7) is 0.964. The number of nitrogens with one attached hydrogen (secondary N) is 1. The van der Waals surface area contributed by atoms with Crippen molar-refractivity contribution in [2.24, 2.45) is 0 Å². The van der Waals surface area contributed by atoms with E-state index in [2.05, 4.69) is 23.5 Å². The molecule has 1 atom stereocenters. The first-order valence-electron chi connectivity index (χ1n) is 9.47. The third-order valence-electron chi connectivity index (χ3n) is 5.23. The zero-order valence-electron chi connectivity index (χ0n) is 16.1. The summed E-state index contributed by atoms with van der Waals surface area (Å²) >= 11 is 0. The lowest BCUT2D eigenvalue weighted by Gasteiger charge is -2.18. The zero-order valence-corrected chi connectivity index (χ0v) is 16.1. The van der Waals surface area contributed by atoms with E-state index in [0.29, 0.717) is 24.4 Å². The van der Waals surface area contributed by atoms with Crippen molar-refractivity contribution in [1.82, 2.24) is 10.2 Å². The fraction of sp³-hybridized carbons (Fsp3) is 0.217. The summed E-state index contributed by atoms with van der Waals surface area (Å²) in [5, 5.41) is 15.0. The molecule has 2 amide bonds. The van der Waals surface area contributed by atoms with Crippen molar-refractivity contribution < 1.29 is 19.4 Å². The fourth-order valence-electron chi connectivity index (χ4n) is 3.76. The first-order chi connectivity index (χ1) is 14.0. The second-order valence-corrected chi connectivity index (χ2v) is 7.17. The number of phenolic OH excluding ortho intramolecular Hbond substituents is 1. The Bertz CT molecular complexity index is 1070. The second-order valence-electron chi connectivity index (χ2n) is 7.17. The highest BCUT2D eigenvalue weighted by molar-refractivity contribution is 5.95. The number of likely N-dealkylation sites (tertiary alicyclic amines) is 1. The number of nitrogens with zero attached hydrogens (tertiary/aromatic N) is 1. The lowest BCUT2D eigenvalue weighted by atomic mass is 10.0. The highest BCUT2D eigenvalue weighted by Crippen LogP contribution is 2.27. The predicted octanol–water partition coefficient (Wildman–Crippen LogP) is 3.08. The van der Waals surface area contributed by atoms with Crippen LogP contribution in [0.1, 0.15) is 22.3 Å². The van der Waals surface area contributed by atoms with Gasteiger partial charge in [-0.3, -0.25) is 9.59 Å².